The van der Waals surface area contributed by atoms with Crippen molar-refractivity contribution in [3.63, 3.8) is 0 Å². The molecule has 1 saturated heterocycles. The molecular weight excluding hydrogens is 194 g/mol. The van der Waals surface area contributed by atoms with Crippen LogP contribution in [0.5, 0.6) is 0 Å². The summed E-state index contributed by atoms with van der Waals surface area (Å²) < 4.78 is 0. The van der Waals surface area contributed by atoms with E-state index in [4.69, 9.17) is 11.6 Å². The van der Waals surface area contributed by atoms with Gasteiger partial charge in [-0.3, -0.25) is 0 Å². The highest BCUT2D eigenvalue weighted by atomic mass is 35.5. The summed E-state index contributed by atoms with van der Waals surface area (Å²) in [6.07, 6.45) is 0. The predicted octanol–water partition coefficient (Wildman–Crippen LogP) is 3.01. The monoisotopic (exact) mass is 209 g/mol. The zero-order valence-corrected chi connectivity index (χ0v) is 9.46. The summed E-state index contributed by atoms with van der Waals surface area (Å²) in [5, 5.41) is 0.916. The van der Waals surface area contributed by atoms with Crippen molar-refractivity contribution in [2.45, 2.75) is 12.8 Å². The van der Waals surface area contributed by atoms with Crippen molar-refractivity contribution in [3.05, 3.63) is 34.9 Å². The molecule has 14 heavy (non-hydrogen) atoms. The standard InChI is InChI=1S/C12H16ClN/c1-9-7-14(2)8-11(9)10-5-3-4-6-12(10)13/h3-6,9,11H,7-8H2,1-2H3. The van der Waals surface area contributed by atoms with E-state index in [2.05, 4.69) is 31.0 Å². The van der Waals surface area contributed by atoms with Gasteiger partial charge in [-0.05, 0) is 24.6 Å². The molecule has 0 spiro atoms. The summed E-state index contributed by atoms with van der Waals surface area (Å²) in [7, 11) is 2.17. The topological polar surface area (TPSA) is 3.24 Å². The van der Waals surface area contributed by atoms with Crippen molar-refractivity contribution in [1.82, 2.24) is 4.90 Å². The van der Waals surface area contributed by atoms with Crippen molar-refractivity contribution in [1.29, 1.82) is 0 Å². The number of rotatable bonds is 1. The molecule has 0 radical (unpaired) electrons. The van der Waals surface area contributed by atoms with Crippen LogP contribution in [0.2, 0.25) is 5.02 Å². The second kappa shape index (κ2) is 3.92. The molecule has 1 heterocycles. The van der Waals surface area contributed by atoms with Gasteiger partial charge in [0.05, 0.1) is 0 Å². The van der Waals surface area contributed by atoms with Crippen LogP contribution < -0.4 is 0 Å². The number of likely N-dealkylation sites (N-methyl/N-ethyl adjacent to an activating group) is 1. The van der Waals surface area contributed by atoms with Crippen LogP contribution in [-0.2, 0) is 0 Å². The fraction of sp³-hybridized carbons (Fsp3) is 0.500. The minimum atomic E-state index is 0.605. The fourth-order valence-electron chi connectivity index (χ4n) is 2.39. The second-order valence-electron chi connectivity index (χ2n) is 4.33. The summed E-state index contributed by atoms with van der Waals surface area (Å²) in [4.78, 5) is 2.37. The van der Waals surface area contributed by atoms with Gasteiger partial charge in [0, 0.05) is 24.0 Å². The largest absolute Gasteiger partial charge is 0.305 e. The van der Waals surface area contributed by atoms with Crippen molar-refractivity contribution < 1.29 is 0 Å². The molecule has 0 aliphatic carbocycles. The molecule has 2 atom stereocenters. The Balaban J connectivity index is 2.27. The molecule has 2 rings (SSSR count). The first-order valence-electron chi connectivity index (χ1n) is 5.11. The van der Waals surface area contributed by atoms with Crippen molar-refractivity contribution in [2.24, 2.45) is 5.92 Å². The molecule has 1 fully saturated rings. The number of nitrogens with zero attached hydrogens (tertiary/aromatic N) is 1. The summed E-state index contributed by atoms with van der Waals surface area (Å²) in [5.41, 5.74) is 1.31. The Morgan fingerprint density at radius 2 is 2.00 bits per heavy atom. The molecule has 1 aromatic carbocycles. The lowest BCUT2D eigenvalue weighted by molar-refractivity contribution is 0.401. The highest BCUT2D eigenvalue weighted by Gasteiger charge is 2.29. The molecule has 1 aromatic rings. The van der Waals surface area contributed by atoms with Gasteiger partial charge in [0.2, 0.25) is 0 Å². The summed E-state index contributed by atoms with van der Waals surface area (Å²) in [6.45, 7) is 4.61. The van der Waals surface area contributed by atoms with E-state index >= 15 is 0 Å². The number of hydrogen-bond donors (Lipinski definition) is 0. The van der Waals surface area contributed by atoms with Gasteiger partial charge in [0.25, 0.3) is 0 Å². The molecule has 1 aliphatic heterocycles. The predicted molar refractivity (Wildman–Crippen MR) is 60.9 cm³/mol. The molecule has 0 N–H and O–H groups in total. The second-order valence-corrected chi connectivity index (χ2v) is 4.73. The van der Waals surface area contributed by atoms with E-state index < -0.39 is 0 Å². The third-order valence-electron chi connectivity index (χ3n) is 3.10. The van der Waals surface area contributed by atoms with Crippen LogP contribution in [0.3, 0.4) is 0 Å². The van der Waals surface area contributed by atoms with E-state index in [1.165, 1.54) is 12.1 Å². The highest BCUT2D eigenvalue weighted by Crippen LogP contribution is 2.34. The molecule has 0 aromatic heterocycles. The smallest absolute Gasteiger partial charge is 0.0441 e. The summed E-state index contributed by atoms with van der Waals surface area (Å²) >= 11 is 6.20. The Morgan fingerprint density at radius 1 is 1.29 bits per heavy atom. The van der Waals surface area contributed by atoms with Crippen LogP contribution in [-0.4, -0.2) is 25.0 Å². The summed E-state index contributed by atoms with van der Waals surface area (Å²) in [5.74, 6) is 1.31. The number of likely N-dealkylation sites (tertiary alicyclic amines) is 1. The van der Waals surface area contributed by atoms with Crippen LogP contribution in [0, 0.1) is 5.92 Å². The van der Waals surface area contributed by atoms with Crippen LogP contribution >= 0.6 is 11.6 Å². The molecule has 1 nitrogen and oxygen atoms in total. The minimum absolute atomic E-state index is 0.605. The van der Waals surface area contributed by atoms with Gasteiger partial charge in [-0.1, -0.05) is 36.7 Å². The molecule has 0 saturated carbocycles. The van der Waals surface area contributed by atoms with Crippen LogP contribution in [0.15, 0.2) is 24.3 Å². The molecule has 0 bridgehead atoms. The zero-order chi connectivity index (χ0) is 10.1. The van der Waals surface area contributed by atoms with Crippen molar-refractivity contribution in [3.8, 4) is 0 Å². The molecule has 2 heteroatoms. The first-order valence-corrected chi connectivity index (χ1v) is 5.49. The lowest BCUT2D eigenvalue weighted by Gasteiger charge is -2.15. The number of halogens is 1. The molecular formula is C12H16ClN. The van der Waals surface area contributed by atoms with Crippen LogP contribution in [0.1, 0.15) is 18.4 Å². The number of hydrogen-bond acceptors (Lipinski definition) is 1. The maximum atomic E-state index is 6.20. The lowest BCUT2D eigenvalue weighted by Crippen LogP contribution is -2.13. The van der Waals surface area contributed by atoms with Gasteiger partial charge in [-0.15, -0.1) is 0 Å². The molecule has 76 valence electrons. The quantitative estimate of drug-likeness (QED) is 0.688. The fourth-order valence-corrected chi connectivity index (χ4v) is 2.67. The van der Waals surface area contributed by atoms with E-state index in [9.17, 15) is 0 Å². The lowest BCUT2D eigenvalue weighted by atomic mass is 9.90. The molecule has 1 aliphatic rings. The van der Waals surface area contributed by atoms with Gasteiger partial charge in [0.15, 0.2) is 0 Å². The Kier molecular flexibility index (Phi) is 2.80. The van der Waals surface area contributed by atoms with Crippen LogP contribution in [0.25, 0.3) is 0 Å². The molecule has 2 unspecified atom stereocenters. The SMILES string of the molecule is CC1CN(C)CC1c1ccccc1Cl. The van der Waals surface area contributed by atoms with E-state index in [0.29, 0.717) is 11.8 Å². The Bertz CT molecular complexity index is 324. The van der Waals surface area contributed by atoms with Gasteiger partial charge >= 0.3 is 0 Å². The third-order valence-corrected chi connectivity index (χ3v) is 3.44. The zero-order valence-electron chi connectivity index (χ0n) is 8.70. The Labute approximate surface area is 90.7 Å². The van der Waals surface area contributed by atoms with Crippen molar-refractivity contribution >= 4 is 11.6 Å². The van der Waals surface area contributed by atoms with Gasteiger partial charge in [0.1, 0.15) is 0 Å². The average Bonchev–Trinajstić information content (AvgIpc) is 2.46. The first kappa shape index (κ1) is 10.0. The normalized spacial score (nSPS) is 28.2. The number of benzene rings is 1. The van der Waals surface area contributed by atoms with E-state index in [-0.39, 0.29) is 0 Å². The van der Waals surface area contributed by atoms with E-state index in [1.807, 2.05) is 12.1 Å². The Hall–Kier alpha value is -0.530. The summed E-state index contributed by atoms with van der Waals surface area (Å²) in [6, 6.07) is 8.21. The van der Waals surface area contributed by atoms with Gasteiger partial charge in [-0.25, -0.2) is 0 Å². The Morgan fingerprint density at radius 3 is 2.57 bits per heavy atom. The highest BCUT2D eigenvalue weighted by molar-refractivity contribution is 6.31. The van der Waals surface area contributed by atoms with E-state index in [1.54, 1.807) is 0 Å². The first-order chi connectivity index (χ1) is 6.68. The maximum Gasteiger partial charge on any atom is 0.0441 e. The minimum Gasteiger partial charge on any atom is -0.305 e. The van der Waals surface area contributed by atoms with Gasteiger partial charge < -0.3 is 4.90 Å². The van der Waals surface area contributed by atoms with Gasteiger partial charge in [-0.2, -0.15) is 0 Å². The maximum absolute atomic E-state index is 6.20. The van der Waals surface area contributed by atoms with Crippen LogP contribution in [0.4, 0.5) is 0 Å². The average molecular weight is 210 g/mol. The van der Waals surface area contributed by atoms with E-state index in [0.717, 1.165) is 11.6 Å². The third kappa shape index (κ3) is 1.79. The molecule has 0 amide bonds. The van der Waals surface area contributed by atoms with Crippen molar-refractivity contribution in [2.75, 3.05) is 20.1 Å².